The van der Waals surface area contributed by atoms with Crippen molar-refractivity contribution in [3.05, 3.63) is 53.3 Å². The summed E-state index contributed by atoms with van der Waals surface area (Å²) in [5.41, 5.74) is 5.12. The largest absolute Gasteiger partial charge is 0.494 e. The van der Waals surface area contributed by atoms with Crippen LogP contribution in [0.3, 0.4) is 0 Å². The van der Waals surface area contributed by atoms with Crippen LogP contribution in [0, 0.1) is 17.5 Å². The second-order valence-electron chi connectivity index (χ2n) is 4.16. The lowest BCUT2D eigenvalue weighted by Crippen LogP contribution is -2.15. The van der Waals surface area contributed by atoms with Crippen LogP contribution in [-0.4, -0.2) is 13.0 Å². The fourth-order valence-electron chi connectivity index (χ4n) is 1.70. The molecule has 2 aromatic rings. The molecule has 0 aliphatic heterocycles. The van der Waals surface area contributed by atoms with Crippen molar-refractivity contribution in [2.24, 2.45) is 0 Å². The summed E-state index contributed by atoms with van der Waals surface area (Å²) in [5.74, 6) is -3.79. The van der Waals surface area contributed by atoms with Gasteiger partial charge in [0.2, 0.25) is 0 Å². The SMILES string of the molecule is COc1ccc(NC(=O)c2cc(F)c(F)cc2N)cc1F. The molecule has 0 bridgehead atoms. The highest BCUT2D eigenvalue weighted by Gasteiger charge is 2.15. The van der Waals surface area contributed by atoms with Crippen LogP contribution < -0.4 is 15.8 Å². The van der Waals surface area contributed by atoms with E-state index in [1.165, 1.54) is 19.2 Å². The van der Waals surface area contributed by atoms with E-state index >= 15 is 0 Å². The van der Waals surface area contributed by atoms with Crippen LogP contribution in [-0.2, 0) is 0 Å². The normalized spacial score (nSPS) is 10.3. The molecule has 4 nitrogen and oxygen atoms in total. The average molecular weight is 296 g/mol. The predicted octanol–water partition coefficient (Wildman–Crippen LogP) is 2.95. The lowest BCUT2D eigenvalue weighted by Gasteiger charge is -2.09. The zero-order valence-electron chi connectivity index (χ0n) is 10.9. The Morgan fingerprint density at radius 3 is 2.38 bits per heavy atom. The van der Waals surface area contributed by atoms with Crippen LogP contribution in [0.2, 0.25) is 0 Å². The van der Waals surface area contributed by atoms with E-state index < -0.39 is 23.4 Å². The molecular formula is C14H11F3N2O2. The highest BCUT2D eigenvalue weighted by atomic mass is 19.2. The van der Waals surface area contributed by atoms with Crippen molar-refractivity contribution in [3.63, 3.8) is 0 Å². The minimum atomic E-state index is -1.20. The van der Waals surface area contributed by atoms with Crippen LogP contribution in [0.15, 0.2) is 30.3 Å². The van der Waals surface area contributed by atoms with Gasteiger partial charge in [-0.3, -0.25) is 4.79 Å². The summed E-state index contributed by atoms with van der Waals surface area (Å²) in [6.45, 7) is 0. The molecule has 0 aromatic heterocycles. The van der Waals surface area contributed by atoms with Gasteiger partial charge in [0.05, 0.1) is 12.7 Å². The van der Waals surface area contributed by atoms with E-state index in [-0.39, 0.29) is 22.7 Å². The van der Waals surface area contributed by atoms with E-state index in [1.807, 2.05) is 0 Å². The van der Waals surface area contributed by atoms with Crippen molar-refractivity contribution in [1.29, 1.82) is 0 Å². The molecule has 0 unspecified atom stereocenters. The van der Waals surface area contributed by atoms with E-state index in [0.29, 0.717) is 12.1 Å². The Morgan fingerprint density at radius 2 is 1.76 bits per heavy atom. The first-order valence-electron chi connectivity index (χ1n) is 5.81. The van der Waals surface area contributed by atoms with Gasteiger partial charge in [0.1, 0.15) is 0 Å². The number of carbonyl (C=O) groups excluding carboxylic acids is 1. The third kappa shape index (κ3) is 3.07. The number of hydrogen-bond acceptors (Lipinski definition) is 3. The summed E-state index contributed by atoms with van der Waals surface area (Å²) in [6.07, 6.45) is 0. The first kappa shape index (κ1) is 14.7. The topological polar surface area (TPSA) is 64.3 Å². The summed E-state index contributed by atoms with van der Waals surface area (Å²) < 4.78 is 44.3. The number of halogens is 3. The van der Waals surface area contributed by atoms with Crippen molar-refractivity contribution in [2.75, 3.05) is 18.2 Å². The van der Waals surface area contributed by atoms with Crippen molar-refractivity contribution >= 4 is 17.3 Å². The summed E-state index contributed by atoms with van der Waals surface area (Å²) in [7, 11) is 1.30. The highest BCUT2D eigenvalue weighted by molar-refractivity contribution is 6.07. The molecule has 0 aliphatic rings. The molecule has 0 atom stereocenters. The van der Waals surface area contributed by atoms with Gasteiger partial charge in [-0.05, 0) is 18.2 Å². The van der Waals surface area contributed by atoms with Gasteiger partial charge in [0.25, 0.3) is 5.91 Å². The standard InChI is InChI=1S/C14H11F3N2O2/c1-21-13-3-2-7(4-11(13)17)19-14(20)8-5-9(15)10(16)6-12(8)18/h2-6H,18H2,1H3,(H,19,20). The third-order valence-electron chi connectivity index (χ3n) is 2.75. The predicted molar refractivity (Wildman–Crippen MR) is 71.7 cm³/mol. The zero-order chi connectivity index (χ0) is 15.6. The summed E-state index contributed by atoms with van der Waals surface area (Å²) in [4.78, 5) is 11.9. The molecule has 0 saturated carbocycles. The Kier molecular flexibility index (Phi) is 4.02. The molecule has 1 amide bonds. The Hall–Kier alpha value is -2.70. The first-order valence-corrected chi connectivity index (χ1v) is 5.81. The van der Waals surface area contributed by atoms with Crippen LogP contribution in [0.1, 0.15) is 10.4 Å². The Bertz CT molecular complexity index is 705. The lowest BCUT2D eigenvalue weighted by atomic mass is 10.1. The minimum Gasteiger partial charge on any atom is -0.494 e. The van der Waals surface area contributed by atoms with Gasteiger partial charge < -0.3 is 15.8 Å². The van der Waals surface area contributed by atoms with Crippen LogP contribution in [0.25, 0.3) is 0 Å². The van der Waals surface area contributed by atoms with Crippen LogP contribution in [0.5, 0.6) is 5.75 Å². The van der Waals surface area contributed by atoms with Gasteiger partial charge in [0.15, 0.2) is 23.2 Å². The molecule has 0 radical (unpaired) electrons. The van der Waals surface area contributed by atoms with Gasteiger partial charge >= 0.3 is 0 Å². The molecule has 110 valence electrons. The molecule has 2 rings (SSSR count). The Morgan fingerprint density at radius 1 is 1.10 bits per heavy atom. The highest BCUT2D eigenvalue weighted by Crippen LogP contribution is 2.22. The van der Waals surface area contributed by atoms with Crippen molar-refractivity contribution in [2.45, 2.75) is 0 Å². The Labute approximate surface area is 118 Å². The van der Waals surface area contributed by atoms with Gasteiger partial charge in [-0.1, -0.05) is 0 Å². The van der Waals surface area contributed by atoms with E-state index in [9.17, 15) is 18.0 Å². The second kappa shape index (κ2) is 5.74. The number of carbonyl (C=O) groups is 1. The van der Waals surface area contributed by atoms with Gasteiger partial charge in [-0.15, -0.1) is 0 Å². The number of methoxy groups -OCH3 is 1. The number of ether oxygens (including phenoxy) is 1. The first-order chi connectivity index (χ1) is 9.92. The maximum atomic E-state index is 13.5. The number of nitrogens with two attached hydrogens (primary N) is 1. The number of amides is 1. The van der Waals surface area contributed by atoms with E-state index in [2.05, 4.69) is 5.32 Å². The number of nitrogen functional groups attached to an aromatic ring is 1. The van der Waals surface area contributed by atoms with Crippen molar-refractivity contribution in [1.82, 2.24) is 0 Å². The maximum Gasteiger partial charge on any atom is 0.257 e. The molecular weight excluding hydrogens is 285 g/mol. The number of nitrogens with one attached hydrogen (secondary N) is 1. The van der Waals surface area contributed by atoms with Crippen LogP contribution >= 0.6 is 0 Å². The fraction of sp³-hybridized carbons (Fsp3) is 0.0714. The minimum absolute atomic E-state index is 0.0142. The molecule has 21 heavy (non-hydrogen) atoms. The Balaban J connectivity index is 2.26. The zero-order valence-corrected chi connectivity index (χ0v) is 10.9. The number of rotatable bonds is 3. The van der Waals surface area contributed by atoms with Gasteiger partial charge in [-0.2, -0.15) is 0 Å². The molecule has 0 aliphatic carbocycles. The van der Waals surface area contributed by atoms with Crippen LogP contribution in [0.4, 0.5) is 24.5 Å². The quantitative estimate of drug-likeness (QED) is 0.856. The van der Waals surface area contributed by atoms with Crippen molar-refractivity contribution in [3.8, 4) is 5.75 Å². The lowest BCUT2D eigenvalue weighted by molar-refractivity contribution is 0.102. The number of benzene rings is 2. The summed E-state index contributed by atoms with van der Waals surface area (Å²) in [6, 6.07) is 5.14. The molecule has 0 heterocycles. The third-order valence-corrected chi connectivity index (χ3v) is 2.75. The van der Waals surface area contributed by atoms with Gasteiger partial charge in [0, 0.05) is 23.5 Å². The summed E-state index contributed by atoms with van der Waals surface area (Å²) in [5, 5.41) is 2.33. The monoisotopic (exact) mass is 296 g/mol. The van der Waals surface area contributed by atoms with Crippen molar-refractivity contribution < 1.29 is 22.7 Å². The molecule has 0 saturated heterocycles. The average Bonchev–Trinajstić information content (AvgIpc) is 2.43. The number of hydrogen-bond donors (Lipinski definition) is 2. The summed E-state index contributed by atoms with van der Waals surface area (Å²) >= 11 is 0. The smallest absolute Gasteiger partial charge is 0.257 e. The van der Waals surface area contributed by atoms with E-state index in [4.69, 9.17) is 10.5 Å². The molecule has 0 fully saturated rings. The second-order valence-corrected chi connectivity index (χ2v) is 4.16. The fourth-order valence-corrected chi connectivity index (χ4v) is 1.70. The molecule has 2 aromatic carbocycles. The van der Waals surface area contributed by atoms with E-state index in [0.717, 1.165) is 6.07 Å². The molecule has 0 spiro atoms. The maximum absolute atomic E-state index is 13.5. The molecule has 7 heteroatoms. The van der Waals surface area contributed by atoms with Gasteiger partial charge in [-0.25, -0.2) is 13.2 Å². The van der Waals surface area contributed by atoms with E-state index in [1.54, 1.807) is 0 Å². The number of anilines is 2. The molecule has 3 N–H and O–H groups in total.